The normalized spacial score (nSPS) is 11.1. The molecule has 0 aromatic heterocycles. The van der Waals surface area contributed by atoms with Crippen LogP contribution < -0.4 is 0 Å². The molecule has 7 heteroatoms. The molecular formula is C20H24N2O4Zn+2. The molecular weight excluding hydrogens is 398 g/mol. The third-order valence-corrected chi connectivity index (χ3v) is 3.44. The first kappa shape index (κ1) is 23.0. The van der Waals surface area contributed by atoms with E-state index in [9.17, 15) is 10.2 Å². The van der Waals surface area contributed by atoms with Crippen molar-refractivity contribution in [3.63, 3.8) is 0 Å². The van der Waals surface area contributed by atoms with Gasteiger partial charge >= 0.3 is 19.5 Å². The summed E-state index contributed by atoms with van der Waals surface area (Å²) in [6, 6.07) is 14.1. The van der Waals surface area contributed by atoms with Crippen LogP contribution in [0.25, 0.3) is 0 Å². The van der Waals surface area contributed by atoms with Crippen molar-refractivity contribution in [3.8, 4) is 11.5 Å². The number of aliphatic imine (C=N–C) groups is 2. The average Bonchev–Trinajstić information content (AvgIpc) is 2.65. The molecule has 0 aliphatic heterocycles. The van der Waals surface area contributed by atoms with Gasteiger partial charge in [-0.15, -0.1) is 0 Å². The van der Waals surface area contributed by atoms with Gasteiger partial charge in [0.2, 0.25) is 0 Å². The quantitative estimate of drug-likeness (QED) is 0.332. The van der Waals surface area contributed by atoms with Crippen LogP contribution in [0.1, 0.15) is 11.1 Å². The first-order chi connectivity index (χ1) is 12.8. The molecule has 2 aromatic carbocycles. The predicted octanol–water partition coefficient (Wildman–Crippen LogP) is 2.67. The molecule has 0 radical (unpaired) electrons. The van der Waals surface area contributed by atoms with Gasteiger partial charge in [0.15, 0.2) is 0 Å². The molecule has 0 aliphatic carbocycles. The number of phenols is 2. The fourth-order valence-electron chi connectivity index (χ4n) is 2.08. The Labute approximate surface area is 172 Å². The molecule has 0 aliphatic rings. The molecule has 0 saturated heterocycles. The fourth-order valence-corrected chi connectivity index (χ4v) is 2.08. The third-order valence-electron chi connectivity index (χ3n) is 3.44. The van der Waals surface area contributed by atoms with Crippen LogP contribution in [0.2, 0.25) is 0 Å². The molecule has 0 fully saturated rings. The van der Waals surface area contributed by atoms with Gasteiger partial charge in [0.1, 0.15) is 11.5 Å². The molecule has 0 saturated carbocycles. The second kappa shape index (κ2) is 14.0. The number of hydrogen-bond acceptors (Lipinski definition) is 6. The smallest absolute Gasteiger partial charge is 0.507 e. The Balaban J connectivity index is 0.00000364. The van der Waals surface area contributed by atoms with Crippen LogP contribution in [0.3, 0.4) is 0 Å². The average molecular weight is 422 g/mol. The number of aromatic hydroxyl groups is 2. The minimum absolute atomic E-state index is 0. The summed E-state index contributed by atoms with van der Waals surface area (Å²) in [5, 5.41) is 19.2. The zero-order chi connectivity index (χ0) is 18.5. The minimum Gasteiger partial charge on any atom is -0.507 e. The Morgan fingerprint density at radius 1 is 0.667 bits per heavy atom. The van der Waals surface area contributed by atoms with Crippen molar-refractivity contribution < 1.29 is 39.2 Å². The van der Waals surface area contributed by atoms with Gasteiger partial charge in [0.05, 0.1) is 39.5 Å². The molecule has 2 rings (SSSR count). The van der Waals surface area contributed by atoms with Crippen LogP contribution in [0, 0.1) is 0 Å². The van der Waals surface area contributed by atoms with Crippen LogP contribution in [0.15, 0.2) is 58.5 Å². The summed E-state index contributed by atoms with van der Waals surface area (Å²) in [4.78, 5) is 8.41. The summed E-state index contributed by atoms with van der Waals surface area (Å²) in [6.45, 7) is 3.04. The molecule has 0 unspecified atom stereocenters. The van der Waals surface area contributed by atoms with Gasteiger partial charge in [-0.3, -0.25) is 9.98 Å². The summed E-state index contributed by atoms with van der Waals surface area (Å²) < 4.78 is 10.8. The van der Waals surface area contributed by atoms with Gasteiger partial charge in [0, 0.05) is 23.6 Å². The van der Waals surface area contributed by atoms with Crippen LogP contribution in [-0.4, -0.2) is 62.2 Å². The van der Waals surface area contributed by atoms with E-state index in [-0.39, 0.29) is 31.0 Å². The van der Waals surface area contributed by atoms with Crippen LogP contribution >= 0.6 is 0 Å². The summed E-state index contributed by atoms with van der Waals surface area (Å²) in [5.41, 5.74) is 1.39. The number of phenolic OH excluding ortho intramolecular Hbond substituents is 2. The maximum absolute atomic E-state index is 9.59. The number of para-hydroxylation sites is 2. The third kappa shape index (κ3) is 9.43. The molecule has 2 N–H and O–H groups in total. The van der Waals surface area contributed by atoms with Crippen LogP contribution in [-0.2, 0) is 29.0 Å². The number of benzene rings is 2. The molecule has 138 valence electrons. The number of ether oxygens (including phenoxy) is 2. The summed E-state index contributed by atoms with van der Waals surface area (Å²) in [7, 11) is 0. The Bertz CT molecular complexity index is 661. The van der Waals surface area contributed by atoms with E-state index in [1.54, 1.807) is 48.8 Å². The summed E-state index contributed by atoms with van der Waals surface area (Å²) >= 11 is 0. The molecule has 6 nitrogen and oxygen atoms in total. The Morgan fingerprint density at radius 2 is 1.07 bits per heavy atom. The first-order valence-electron chi connectivity index (χ1n) is 8.48. The Morgan fingerprint density at radius 3 is 1.48 bits per heavy atom. The predicted molar refractivity (Wildman–Crippen MR) is 103 cm³/mol. The van der Waals surface area contributed by atoms with E-state index in [0.717, 1.165) is 0 Å². The monoisotopic (exact) mass is 420 g/mol. The van der Waals surface area contributed by atoms with Gasteiger partial charge in [-0.05, 0) is 24.3 Å². The molecule has 0 atom stereocenters. The van der Waals surface area contributed by atoms with Gasteiger partial charge in [-0.2, -0.15) is 0 Å². The van der Waals surface area contributed by atoms with E-state index in [0.29, 0.717) is 50.6 Å². The van der Waals surface area contributed by atoms with E-state index >= 15 is 0 Å². The second-order valence-electron chi connectivity index (χ2n) is 5.41. The molecule has 0 heterocycles. The summed E-state index contributed by atoms with van der Waals surface area (Å²) in [5.74, 6) is 0.436. The molecule has 27 heavy (non-hydrogen) atoms. The molecule has 0 bridgehead atoms. The maximum atomic E-state index is 9.59. The standard InChI is InChI=1S/C20H24N2O4.Zn/c23-19-7-3-1-5-17(19)15-21-9-11-25-13-14-26-12-10-22-16-18-6-2-4-8-20(18)24;/h1-8,15-16,23-24H,9-14H2;/q;+2. The molecule has 0 amide bonds. The van der Waals surface area contributed by atoms with Crippen molar-refractivity contribution in [3.05, 3.63) is 59.7 Å². The van der Waals surface area contributed by atoms with Crippen molar-refractivity contribution in [2.24, 2.45) is 9.98 Å². The van der Waals surface area contributed by atoms with Crippen molar-refractivity contribution in [2.75, 3.05) is 39.5 Å². The second-order valence-corrected chi connectivity index (χ2v) is 5.41. The minimum atomic E-state index is 0. The number of rotatable bonds is 11. The van der Waals surface area contributed by atoms with Crippen molar-refractivity contribution in [1.82, 2.24) is 0 Å². The maximum Gasteiger partial charge on any atom is 2.00 e. The first-order valence-corrected chi connectivity index (χ1v) is 8.48. The van der Waals surface area contributed by atoms with Crippen molar-refractivity contribution in [1.29, 1.82) is 0 Å². The zero-order valence-corrected chi connectivity index (χ0v) is 18.3. The van der Waals surface area contributed by atoms with Crippen molar-refractivity contribution in [2.45, 2.75) is 0 Å². The van der Waals surface area contributed by atoms with E-state index in [1.807, 2.05) is 12.1 Å². The van der Waals surface area contributed by atoms with Crippen molar-refractivity contribution >= 4 is 12.4 Å². The SMILES string of the molecule is Oc1ccccc1C=NCCOCCOCCN=Cc1ccccc1O.[Zn+2]. The van der Waals surface area contributed by atoms with Gasteiger partial charge in [0.25, 0.3) is 0 Å². The topological polar surface area (TPSA) is 83.6 Å². The van der Waals surface area contributed by atoms with Crippen LogP contribution in [0.4, 0.5) is 0 Å². The molecule has 0 spiro atoms. The van der Waals surface area contributed by atoms with E-state index < -0.39 is 0 Å². The zero-order valence-electron chi connectivity index (χ0n) is 15.3. The van der Waals surface area contributed by atoms with Gasteiger partial charge in [-0.1, -0.05) is 24.3 Å². The van der Waals surface area contributed by atoms with E-state index in [4.69, 9.17) is 9.47 Å². The number of hydrogen-bond donors (Lipinski definition) is 2. The fraction of sp³-hybridized carbons (Fsp3) is 0.300. The van der Waals surface area contributed by atoms with Gasteiger partial charge < -0.3 is 19.7 Å². The Kier molecular flexibility index (Phi) is 11.9. The van der Waals surface area contributed by atoms with Gasteiger partial charge in [-0.25, -0.2) is 0 Å². The Hall–Kier alpha value is -2.08. The van der Waals surface area contributed by atoms with Crippen LogP contribution in [0.5, 0.6) is 11.5 Å². The van der Waals surface area contributed by atoms with E-state index in [1.165, 1.54) is 0 Å². The van der Waals surface area contributed by atoms with E-state index in [2.05, 4.69) is 9.98 Å². The summed E-state index contributed by atoms with van der Waals surface area (Å²) in [6.07, 6.45) is 3.27. The number of nitrogens with zero attached hydrogens (tertiary/aromatic N) is 2. The largest absolute Gasteiger partial charge is 2.00 e. The molecule has 2 aromatic rings.